The third-order valence-corrected chi connectivity index (χ3v) is 4.81. The van der Waals surface area contributed by atoms with Crippen molar-refractivity contribution in [2.45, 2.75) is 4.90 Å². The van der Waals surface area contributed by atoms with E-state index in [9.17, 15) is 21.2 Å². The van der Waals surface area contributed by atoms with Crippen LogP contribution in [0.2, 0.25) is 0 Å². The molecule has 0 fully saturated rings. The zero-order chi connectivity index (χ0) is 14.0. The van der Waals surface area contributed by atoms with Gasteiger partial charge in [0.25, 0.3) is 0 Å². The summed E-state index contributed by atoms with van der Waals surface area (Å²) in [6, 6.07) is 4.47. The number of rotatable bonds is 4. The largest absolute Gasteiger partial charge is 0.229 e. The molecule has 1 aromatic rings. The van der Waals surface area contributed by atoms with E-state index in [4.69, 9.17) is 5.26 Å². The van der Waals surface area contributed by atoms with Gasteiger partial charge in [-0.2, -0.15) is 5.26 Å². The lowest BCUT2D eigenvalue weighted by atomic mass is 10.2. The first-order valence-electron chi connectivity index (χ1n) is 4.58. The molecule has 98 valence electrons. The highest BCUT2D eigenvalue weighted by Gasteiger charge is 2.21. The smallest absolute Gasteiger partial charge is 0.210 e. The maximum absolute atomic E-state index is 13.4. The van der Waals surface area contributed by atoms with Crippen LogP contribution in [0.5, 0.6) is 0 Å². The molecule has 0 saturated heterocycles. The fourth-order valence-electron chi connectivity index (χ4n) is 1.16. The zero-order valence-corrected chi connectivity index (χ0v) is 10.6. The lowest BCUT2D eigenvalue weighted by molar-refractivity contribution is 0.565. The van der Waals surface area contributed by atoms with Crippen LogP contribution >= 0.6 is 0 Å². The van der Waals surface area contributed by atoms with Gasteiger partial charge in [-0.25, -0.2) is 26.4 Å². The quantitative estimate of drug-likeness (QED) is 0.821. The van der Waals surface area contributed by atoms with Crippen molar-refractivity contribution in [3.8, 4) is 6.07 Å². The van der Waals surface area contributed by atoms with Crippen molar-refractivity contribution in [1.82, 2.24) is 0 Å². The SMILES string of the molecule is N#Cc1ccc(S(=O)(=O)CCS(N)(=O)=O)c(F)c1. The lowest BCUT2D eigenvalue weighted by Gasteiger charge is -2.05. The predicted octanol–water partition coefficient (Wildman–Crippen LogP) is -0.240. The van der Waals surface area contributed by atoms with Gasteiger partial charge in [-0.05, 0) is 18.2 Å². The van der Waals surface area contributed by atoms with E-state index >= 15 is 0 Å². The van der Waals surface area contributed by atoms with E-state index in [-0.39, 0.29) is 5.56 Å². The van der Waals surface area contributed by atoms with Crippen molar-refractivity contribution in [1.29, 1.82) is 5.26 Å². The molecule has 0 radical (unpaired) electrons. The Hall–Kier alpha value is -1.50. The van der Waals surface area contributed by atoms with E-state index in [0.29, 0.717) is 0 Å². The summed E-state index contributed by atoms with van der Waals surface area (Å²) in [5.41, 5.74) is -0.0297. The minimum atomic E-state index is -4.09. The van der Waals surface area contributed by atoms with Crippen molar-refractivity contribution in [3.63, 3.8) is 0 Å². The Morgan fingerprint density at radius 3 is 2.28 bits per heavy atom. The first-order valence-corrected chi connectivity index (χ1v) is 7.95. The zero-order valence-electron chi connectivity index (χ0n) is 9.00. The first kappa shape index (κ1) is 14.6. The molecule has 1 aromatic carbocycles. The van der Waals surface area contributed by atoms with Crippen LogP contribution in [0.4, 0.5) is 4.39 Å². The number of hydrogen-bond donors (Lipinski definition) is 1. The molecule has 2 N–H and O–H groups in total. The number of sulfonamides is 1. The van der Waals surface area contributed by atoms with Gasteiger partial charge in [0.15, 0.2) is 9.84 Å². The van der Waals surface area contributed by atoms with Gasteiger partial charge < -0.3 is 0 Å². The summed E-state index contributed by atoms with van der Waals surface area (Å²) in [4.78, 5) is -0.648. The van der Waals surface area contributed by atoms with Crippen LogP contribution in [-0.4, -0.2) is 28.3 Å². The van der Waals surface area contributed by atoms with Crippen molar-refractivity contribution >= 4 is 19.9 Å². The van der Waals surface area contributed by atoms with Crippen LogP contribution in [0.1, 0.15) is 5.56 Å². The Labute approximate surface area is 104 Å². The fraction of sp³-hybridized carbons (Fsp3) is 0.222. The van der Waals surface area contributed by atoms with Crippen LogP contribution in [0, 0.1) is 17.1 Å². The molecular formula is C9H9FN2O4S2. The average molecular weight is 292 g/mol. The second kappa shape index (κ2) is 5.01. The lowest BCUT2D eigenvalue weighted by Crippen LogP contribution is -2.23. The highest BCUT2D eigenvalue weighted by atomic mass is 32.2. The molecule has 0 aliphatic rings. The number of nitriles is 1. The summed E-state index contributed by atoms with van der Waals surface area (Å²) in [6.45, 7) is 0. The summed E-state index contributed by atoms with van der Waals surface area (Å²) in [5, 5.41) is 13.2. The van der Waals surface area contributed by atoms with Crippen LogP contribution in [0.15, 0.2) is 23.1 Å². The van der Waals surface area contributed by atoms with E-state index in [1.807, 2.05) is 0 Å². The van der Waals surface area contributed by atoms with Crippen molar-refractivity contribution in [2.75, 3.05) is 11.5 Å². The summed E-state index contributed by atoms with van der Waals surface area (Å²) in [6.07, 6.45) is 0. The number of hydrogen-bond acceptors (Lipinski definition) is 5. The third-order valence-electron chi connectivity index (χ3n) is 2.03. The maximum atomic E-state index is 13.4. The Kier molecular flexibility index (Phi) is 4.05. The van der Waals surface area contributed by atoms with Gasteiger partial charge in [-0.1, -0.05) is 0 Å². The molecule has 0 unspecified atom stereocenters. The van der Waals surface area contributed by atoms with Crippen LogP contribution in [0.25, 0.3) is 0 Å². The summed E-state index contributed by atoms with van der Waals surface area (Å²) < 4.78 is 58.1. The molecule has 0 aromatic heterocycles. The molecule has 0 saturated carbocycles. The van der Waals surface area contributed by atoms with Crippen molar-refractivity contribution in [2.24, 2.45) is 5.14 Å². The standard InChI is InChI=1S/C9H9FN2O4S2/c10-8-5-7(6-11)1-2-9(8)17(13,14)3-4-18(12,15)16/h1-2,5H,3-4H2,(H2,12,15,16). The Balaban J connectivity index is 3.11. The number of benzene rings is 1. The molecule has 0 heterocycles. The monoisotopic (exact) mass is 292 g/mol. The molecule has 6 nitrogen and oxygen atoms in total. The molecule has 0 spiro atoms. The number of nitrogens with zero attached hydrogens (tertiary/aromatic N) is 1. The van der Waals surface area contributed by atoms with Gasteiger partial charge >= 0.3 is 0 Å². The fourth-order valence-corrected chi connectivity index (χ4v) is 3.82. The number of sulfone groups is 1. The van der Waals surface area contributed by atoms with E-state index in [0.717, 1.165) is 18.2 Å². The minimum Gasteiger partial charge on any atom is -0.229 e. The summed E-state index contributed by atoms with van der Waals surface area (Å²) >= 11 is 0. The predicted molar refractivity (Wildman–Crippen MR) is 61.1 cm³/mol. The third kappa shape index (κ3) is 3.76. The normalized spacial score (nSPS) is 12.1. The highest BCUT2D eigenvalue weighted by molar-refractivity contribution is 7.94. The van der Waals surface area contributed by atoms with Gasteiger partial charge in [-0.15, -0.1) is 0 Å². The maximum Gasteiger partial charge on any atom is 0.210 e. The average Bonchev–Trinajstić information content (AvgIpc) is 2.25. The van der Waals surface area contributed by atoms with E-state index < -0.39 is 42.1 Å². The molecule has 9 heteroatoms. The van der Waals surface area contributed by atoms with Gasteiger partial charge in [0, 0.05) is 0 Å². The van der Waals surface area contributed by atoms with Gasteiger partial charge in [-0.3, -0.25) is 0 Å². The molecule has 0 bridgehead atoms. The summed E-state index contributed by atoms with van der Waals surface area (Å²) in [5.74, 6) is -2.70. The number of nitrogens with two attached hydrogens (primary N) is 1. The minimum absolute atomic E-state index is 0.0297. The highest BCUT2D eigenvalue weighted by Crippen LogP contribution is 2.17. The second-order valence-electron chi connectivity index (χ2n) is 3.44. The van der Waals surface area contributed by atoms with Crippen LogP contribution in [-0.2, 0) is 19.9 Å². The van der Waals surface area contributed by atoms with Crippen LogP contribution < -0.4 is 5.14 Å². The van der Waals surface area contributed by atoms with Gasteiger partial charge in [0.05, 0.1) is 23.1 Å². The van der Waals surface area contributed by atoms with Gasteiger partial charge in [0.1, 0.15) is 10.7 Å². The molecule has 18 heavy (non-hydrogen) atoms. The Bertz CT molecular complexity index is 705. The van der Waals surface area contributed by atoms with E-state index in [2.05, 4.69) is 5.14 Å². The first-order chi connectivity index (χ1) is 8.15. The topological polar surface area (TPSA) is 118 Å². The van der Waals surface area contributed by atoms with Crippen molar-refractivity contribution in [3.05, 3.63) is 29.6 Å². The van der Waals surface area contributed by atoms with E-state index in [1.165, 1.54) is 0 Å². The number of halogens is 1. The van der Waals surface area contributed by atoms with Crippen LogP contribution in [0.3, 0.4) is 0 Å². The molecular weight excluding hydrogens is 283 g/mol. The Morgan fingerprint density at radius 2 is 1.83 bits per heavy atom. The molecule has 0 amide bonds. The number of primary sulfonamides is 1. The Morgan fingerprint density at radius 1 is 1.22 bits per heavy atom. The summed E-state index contributed by atoms with van der Waals surface area (Å²) in [7, 11) is -8.04. The van der Waals surface area contributed by atoms with Crippen molar-refractivity contribution < 1.29 is 21.2 Å². The van der Waals surface area contributed by atoms with Gasteiger partial charge in [0.2, 0.25) is 10.0 Å². The molecule has 1 rings (SSSR count). The van der Waals surface area contributed by atoms with E-state index in [1.54, 1.807) is 6.07 Å². The second-order valence-corrected chi connectivity index (χ2v) is 7.25. The molecule has 0 aliphatic carbocycles. The molecule has 0 atom stereocenters. The molecule has 0 aliphatic heterocycles.